The number of carbonyl (C=O) groups excluding carboxylic acids is 1. The molecule has 33 heavy (non-hydrogen) atoms. The summed E-state index contributed by atoms with van der Waals surface area (Å²) in [4.78, 5) is 33.5. The smallest absolute Gasteiger partial charge is 0.411 e. The standard InChI is InChI=1S/C23H40N6O4/c1-4-29(14-15-33-3)21(26-22(31)32)25-19(16-18-8-6-5-7-9-18)20(30)27-23(17-24)10-12-28(2)13-11-23/h18-19H,4-16H2,1-3H3,(H,25,26)(H,27,30)(H,31,32). The third-order valence-electron chi connectivity index (χ3n) is 6.74. The molecule has 1 unspecified atom stereocenters. The van der Waals surface area contributed by atoms with Gasteiger partial charge >= 0.3 is 6.09 Å². The summed E-state index contributed by atoms with van der Waals surface area (Å²) in [5.74, 6) is 0.195. The molecule has 1 heterocycles. The number of guanidine groups is 1. The van der Waals surface area contributed by atoms with Crippen LogP contribution in [0.4, 0.5) is 4.79 Å². The first-order valence-corrected chi connectivity index (χ1v) is 12.1. The minimum atomic E-state index is -1.23. The van der Waals surface area contributed by atoms with E-state index >= 15 is 0 Å². The molecule has 0 aromatic carbocycles. The van der Waals surface area contributed by atoms with Crippen molar-refractivity contribution in [3.8, 4) is 6.07 Å². The molecule has 1 atom stereocenters. The van der Waals surface area contributed by atoms with E-state index in [-0.39, 0.29) is 11.9 Å². The second kappa shape index (κ2) is 13.4. The Morgan fingerprint density at radius 3 is 2.52 bits per heavy atom. The zero-order valence-electron chi connectivity index (χ0n) is 20.3. The minimum absolute atomic E-state index is 0.146. The lowest BCUT2D eigenvalue weighted by molar-refractivity contribution is -0.124. The van der Waals surface area contributed by atoms with Crippen LogP contribution in [-0.2, 0) is 9.53 Å². The Kier molecular flexibility index (Phi) is 10.9. The van der Waals surface area contributed by atoms with Gasteiger partial charge in [-0.1, -0.05) is 32.1 Å². The molecule has 0 spiro atoms. The number of rotatable bonds is 9. The van der Waals surface area contributed by atoms with E-state index in [9.17, 15) is 20.0 Å². The quantitative estimate of drug-likeness (QED) is 0.351. The third kappa shape index (κ3) is 8.48. The number of nitrogens with zero attached hydrogens (tertiary/aromatic N) is 4. The van der Waals surface area contributed by atoms with Crippen molar-refractivity contribution in [1.82, 2.24) is 20.4 Å². The molecule has 0 radical (unpaired) electrons. The monoisotopic (exact) mass is 464 g/mol. The van der Waals surface area contributed by atoms with Gasteiger partial charge in [-0.25, -0.2) is 9.79 Å². The van der Waals surface area contributed by atoms with Gasteiger partial charge in [-0.2, -0.15) is 5.26 Å². The van der Waals surface area contributed by atoms with Crippen molar-refractivity contribution in [2.24, 2.45) is 10.9 Å². The first-order valence-electron chi connectivity index (χ1n) is 12.1. The summed E-state index contributed by atoms with van der Waals surface area (Å²) in [7, 11) is 3.58. The van der Waals surface area contributed by atoms with Crippen LogP contribution >= 0.6 is 0 Å². The highest BCUT2D eigenvalue weighted by atomic mass is 16.5. The summed E-state index contributed by atoms with van der Waals surface area (Å²) < 4.78 is 5.15. The minimum Gasteiger partial charge on any atom is -0.465 e. The van der Waals surface area contributed by atoms with E-state index in [4.69, 9.17) is 4.74 Å². The highest BCUT2D eigenvalue weighted by Crippen LogP contribution is 2.29. The summed E-state index contributed by atoms with van der Waals surface area (Å²) in [6, 6.07) is 1.56. The van der Waals surface area contributed by atoms with Crippen molar-refractivity contribution in [3.63, 3.8) is 0 Å². The van der Waals surface area contributed by atoms with Gasteiger partial charge in [0.15, 0.2) is 0 Å². The van der Waals surface area contributed by atoms with Crippen LogP contribution in [0, 0.1) is 17.2 Å². The number of carboxylic acid groups (broad SMARTS) is 1. The number of methoxy groups -OCH3 is 1. The number of nitrogens with one attached hydrogen (secondary N) is 2. The molecule has 2 rings (SSSR count). The van der Waals surface area contributed by atoms with E-state index in [0.717, 1.165) is 38.8 Å². The van der Waals surface area contributed by atoms with E-state index < -0.39 is 17.7 Å². The lowest BCUT2D eigenvalue weighted by Crippen LogP contribution is -2.56. The maximum atomic E-state index is 13.5. The Labute approximate surface area is 197 Å². The maximum Gasteiger partial charge on any atom is 0.411 e. The van der Waals surface area contributed by atoms with Crippen LogP contribution in [0.25, 0.3) is 0 Å². The second-order valence-corrected chi connectivity index (χ2v) is 9.20. The summed E-state index contributed by atoms with van der Waals surface area (Å²) in [5, 5.41) is 24.6. The zero-order valence-corrected chi connectivity index (χ0v) is 20.3. The number of hydrogen-bond donors (Lipinski definition) is 3. The molecule has 1 aliphatic heterocycles. The normalized spacial score (nSPS) is 20.5. The highest BCUT2D eigenvalue weighted by molar-refractivity contribution is 5.95. The Hall–Kier alpha value is -2.38. The van der Waals surface area contributed by atoms with Crippen LogP contribution in [-0.4, -0.2) is 91.4 Å². The average molecular weight is 465 g/mol. The fourth-order valence-electron chi connectivity index (χ4n) is 4.59. The fourth-order valence-corrected chi connectivity index (χ4v) is 4.59. The number of amides is 2. The number of piperidine rings is 1. The number of likely N-dealkylation sites (tertiary alicyclic amines) is 1. The van der Waals surface area contributed by atoms with Gasteiger partial charge in [0, 0.05) is 33.3 Å². The van der Waals surface area contributed by atoms with Crippen LogP contribution in [0.1, 0.15) is 58.3 Å². The molecule has 1 saturated carbocycles. The molecule has 0 bridgehead atoms. The topological polar surface area (TPSA) is 130 Å². The predicted octanol–water partition coefficient (Wildman–Crippen LogP) is 2.02. The van der Waals surface area contributed by atoms with Crippen LogP contribution < -0.4 is 10.6 Å². The largest absolute Gasteiger partial charge is 0.465 e. The summed E-state index contributed by atoms with van der Waals surface area (Å²) in [5.41, 5.74) is -0.912. The van der Waals surface area contributed by atoms with Crippen LogP contribution in [0.15, 0.2) is 4.99 Å². The second-order valence-electron chi connectivity index (χ2n) is 9.20. The molecule has 10 heteroatoms. The van der Waals surface area contributed by atoms with E-state index in [1.165, 1.54) is 6.42 Å². The van der Waals surface area contributed by atoms with E-state index in [0.29, 0.717) is 44.9 Å². The predicted molar refractivity (Wildman–Crippen MR) is 126 cm³/mol. The van der Waals surface area contributed by atoms with Gasteiger partial charge in [0.1, 0.15) is 11.6 Å². The number of ether oxygens (including phenoxy) is 1. The lowest BCUT2D eigenvalue weighted by atomic mass is 9.84. The molecule has 0 aromatic rings. The molecule has 1 aliphatic carbocycles. The molecule has 0 aromatic heterocycles. The van der Waals surface area contributed by atoms with Gasteiger partial charge < -0.3 is 25.0 Å². The molecule has 186 valence electrons. The fraction of sp³-hybridized carbons (Fsp3) is 0.826. The van der Waals surface area contributed by atoms with Crippen molar-refractivity contribution in [2.45, 2.75) is 69.9 Å². The molecule has 1 saturated heterocycles. The summed E-state index contributed by atoms with van der Waals surface area (Å²) >= 11 is 0. The first-order chi connectivity index (χ1) is 15.8. The van der Waals surface area contributed by atoms with Crippen molar-refractivity contribution in [3.05, 3.63) is 0 Å². The van der Waals surface area contributed by atoms with Crippen molar-refractivity contribution >= 4 is 18.0 Å². The zero-order chi connectivity index (χ0) is 24.3. The molecular weight excluding hydrogens is 424 g/mol. The van der Waals surface area contributed by atoms with Gasteiger partial charge in [-0.15, -0.1) is 0 Å². The molecule has 2 aliphatic rings. The number of nitriles is 1. The Morgan fingerprint density at radius 1 is 1.30 bits per heavy atom. The summed E-state index contributed by atoms with van der Waals surface area (Å²) in [6.07, 6.45) is 5.96. The van der Waals surface area contributed by atoms with Gasteiger partial charge in [0.25, 0.3) is 0 Å². The van der Waals surface area contributed by atoms with Gasteiger partial charge in [0.2, 0.25) is 11.9 Å². The van der Waals surface area contributed by atoms with Crippen LogP contribution in [0.2, 0.25) is 0 Å². The first kappa shape index (κ1) is 26.9. The number of aliphatic imine (C=N–C) groups is 1. The van der Waals surface area contributed by atoms with Crippen molar-refractivity contribution in [1.29, 1.82) is 5.26 Å². The summed E-state index contributed by atoms with van der Waals surface area (Å²) in [6.45, 7) is 4.72. The van der Waals surface area contributed by atoms with E-state index in [1.54, 1.807) is 12.0 Å². The maximum absolute atomic E-state index is 13.5. The van der Waals surface area contributed by atoms with Crippen molar-refractivity contribution in [2.75, 3.05) is 46.9 Å². The van der Waals surface area contributed by atoms with E-state index in [1.807, 2.05) is 14.0 Å². The number of hydrogen-bond acceptors (Lipinski definition) is 6. The molecular formula is C23H40N6O4. The van der Waals surface area contributed by atoms with Gasteiger partial charge in [-0.3, -0.25) is 10.1 Å². The Bertz CT molecular complexity index is 708. The van der Waals surface area contributed by atoms with Crippen LogP contribution in [0.5, 0.6) is 0 Å². The molecule has 3 N–H and O–H groups in total. The number of carbonyl (C=O) groups is 2. The third-order valence-corrected chi connectivity index (χ3v) is 6.74. The van der Waals surface area contributed by atoms with E-state index in [2.05, 4.69) is 26.6 Å². The Balaban J connectivity index is 2.30. The van der Waals surface area contributed by atoms with Crippen molar-refractivity contribution < 1.29 is 19.4 Å². The van der Waals surface area contributed by atoms with Gasteiger partial charge in [-0.05, 0) is 39.2 Å². The average Bonchev–Trinajstić information content (AvgIpc) is 2.81. The Morgan fingerprint density at radius 2 is 1.97 bits per heavy atom. The van der Waals surface area contributed by atoms with Gasteiger partial charge in [0.05, 0.1) is 12.7 Å². The highest BCUT2D eigenvalue weighted by Gasteiger charge is 2.38. The molecule has 2 amide bonds. The number of likely N-dealkylation sites (N-methyl/N-ethyl adjacent to an activating group) is 1. The molecule has 10 nitrogen and oxygen atoms in total. The lowest BCUT2D eigenvalue weighted by Gasteiger charge is -2.37. The molecule has 2 fully saturated rings. The SMILES string of the molecule is CCN(CCOC)C(=NC(CC1CCCCC1)C(=O)NC1(C#N)CCN(C)CC1)NC(=O)O. The van der Waals surface area contributed by atoms with Crippen LogP contribution in [0.3, 0.4) is 0 Å².